The Balaban J connectivity index is 1.75. The number of hydrogen-bond donors (Lipinski definition) is 2. The number of carbonyl (C=O) groups is 1. The van der Waals surface area contributed by atoms with Crippen molar-refractivity contribution in [2.24, 2.45) is 0 Å². The third kappa shape index (κ3) is 3.95. The molecule has 2 rings (SSSR count). The van der Waals surface area contributed by atoms with Crippen LogP contribution in [-0.2, 0) is 0 Å². The predicted octanol–water partition coefficient (Wildman–Crippen LogP) is 0.579. The van der Waals surface area contributed by atoms with Crippen LogP contribution in [0.15, 0.2) is 47.3 Å². The van der Waals surface area contributed by atoms with Gasteiger partial charge in [0.05, 0.1) is 6.54 Å². The molecule has 0 saturated heterocycles. The maximum absolute atomic E-state index is 11.6. The first-order valence-electron chi connectivity index (χ1n) is 5.77. The van der Waals surface area contributed by atoms with Gasteiger partial charge in [0, 0.05) is 6.07 Å². The number of para-hydroxylation sites is 1. The second-order valence-electron chi connectivity index (χ2n) is 3.72. The molecule has 19 heavy (non-hydrogen) atoms. The minimum absolute atomic E-state index is 0.166. The summed E-state index contributed by atoms with van der Waals surface area (Å²) in [5.41, 5.74) is -0.178. The number of aromatic nitrogens is 2. The van der Waals surface area contributed by atoms with Crippen molar-refractivity contribution in [1.29, 1.82) is 0 Å². The number of rotatable bonds is 5. The lowest BCUT2D eigenvalue weighted by Gasteiger charge is -2.06. The molecule has 1 amide bonds. The van der Waals surface area contributed by atoms with Crippen LogP contribution in [0.1, 0.15) is 10.5 Å². The quantitative estimate of drug-likeness (QED) is 0.769. The number of aromatic amines is 1. The molecule has 0 atom stereocenters. The second kappa shape index (κ2) is 6.34. The summed E-state index contributed by atoms with van der Waals surface area (Å²) in [6, 6.07) is 11.9. The van der Waals surface area contributed by atoms with E-state index in [1.165, 1.54) is 12.1 Å². The molecule has 6 heteroatoms. The van der Waals surface area contributed by atoms with Crippen molar-refractivity contribution in [1.82, 2.24) is 15.5 Å². The Labute approximate surface area is 109 Å². The van der Waals surface area contributed by atoms with Gasteiger partial charge in [-0.3, -0.25) is 9.59 Å². The SMILES string of the molecule is O=C(NCCOc1ccccc1)c1ccc(=O)[nH]n1. The summed E-state index contributed by atoms with van der Waals surface area (Å²) < 4.78 is 5.42. The standard InChI is InChI=1S/C13H13N3O3/c17-12-7-6-11(15-16-12)13(18)14-8-9-19-10-4-2-1-3-5-10/h1-7H,8-9H2,(H,14,18)(H,16,17). The zero-order chi connectivity index (χ0) is 13.5. The molecule has 0 bridgehead atoms. The highest BCUT2D eigenvalue weighted by Crippen LogP contribution is 2.07. The molecule has 2 N–H and O–H groups in total. The van der Waals surface area contributed by atoms with Crippen molar-refractivity contribution >= 4 is 5.91 Å². The fourth-order valence-corrected chi connectivity index (χ4v) is 1.41. The summed E-state index contributed by atoms with van der Waals surface area (Å²) in [4.78, 5) is 22.4. The van der Waals surface area contributed by atoms with Crippen molar-refractivity contribution in [2.75, 3.05) is 13.2 Å². The zero-order valence-electron chi connectivity index (χ0n) is 10.1. The van der Waals surface area contributed by atoms with Gasteiger partial charge in [0.1, 0.15) is 18.1 Å². The van der Waals surface area contributed by atoms with Gasteiger partial charge in [0.25, 0.3) is 11.5 Å². The highest BCUT2D eigenvalue weighted by molar-refractivity contribution is 5.91. The van der Waals surface area contributed by atoms with Crippen molar-refractivity contribution in [3.63, 3.8) is 0 Å². The van der Waals surface area contributed by atoms with Gasteiger partial charge in [-0.1, -0.05) is 18.2 Å². The number of nitrogens with zero attached hydrogens (tertiary/aromatic N) is 1. The molecule has 0 radical (unpaired) electrons. The number of ether oxygens (including phenoxy) is 1. The minimum atomic E-state index is -0.354. The van der Waals surface area contributed by atoms with Gasteiger partial charge in [-0.05, 0) is 18.2 Å². The van der Waals surface area contributed by atoms with Gasteiger partial charge >= 0.3 is 0 Å². The first-order chi connectivity index (χ1) is 9.25. The van der Waals surface area contributed by atoms with E-state index in [9.17, 15) is 9.59 Å². The lowest BCUT2D eigenvalue weighted by atomic mass is 10.3. The number of carbonyl (C=O) groups excluding carboxylic acids is 1. The summed E-state index contributed by atoms with van der Waals surface area (Å²) >= 11 is 0. The molecule has 0 aliphatic carbocycles. The van der Waals surface area contributed by atoms with E-state index in [4.69, 9.17) is 4.74 Å². The fraction of sp³-hybridized carbons (Fsp3) is 0.154. The van der Waals surface area contributed by atoms with Crippen LogP contribution < -0.4 is 15.6 Å². The monoisotopic (exact) mass is 259 g/mol. The van der Waals surface area contributed by atoms with E-state index in [0.717, 1.165) is 5.75 Å². The molecule has 2 aromatic rings. The Hall–Kier alpha value is -2.63. The first-order valence-corrected chi connectivity index (χ1v) is 5.77. The van der Waals surface area contributed by atoms with Gasteiger partial charge in [0.2, 0.25) is 0 Å². The molecule has 0 aliphatic rings. The van der Waals surface area contributed by atoms with Crippen LogP contribution in [-0.4, -0.2) is 29.3 Å². The molecule has 1 aromatic heterocycles. The summed E-state index contributed by atoms with van der Waals surface area (Å²) in [5, 5.41) is 8.46. The van der Waals surface area contributed by atoms with E-state index in [-0.39, 0.29) is 17.2 Å². The minimum Gasteiger partial charge on any atom is -0.492 e. The molecule has 98 valence electrons. The third-order valence-electron chi connectivity index (χ3n) is 2.31. The van der Waals surface area contributed by atoms with Crippen LogP contribution in [0.3, 0.4) is 0 Å². The second-order valence-corrected chi connectivity index (χ2v) is 3.72. The lowest BCUT2D eigenvalue weighted by molar-refractivity contribution is 0.0941. The van der Waals surface area contributed by atoms with Crippen LogP contribution in [0, 0.1) is 0 Å². The van der Waals surface area contributed by atoms with Crippen LogP contribution in [0.25, 0.3) is 0 Å². The Bertz CT molecular complexity index is 575. The van der Waals surface area contributed by atoms with E-state index < -0.39 is 0 Å². The highest BCUT2D eigenvalue weighted by atomic mass is 16.5. The normalized spacial score (nSPS) is 9.89. The fourth-order valence-electron chi connectivity index (χ4n) is 1.41. The Morgan fingerprint density at radius 3 is 2.68 bits per heavy atom. The highest BCUT2D eigenvalue weighted by Gasteiger charge is 2.05. The van der Waals surface area contributed by atoms with E-state index in [1.54, 1.807) is 0 Å². The van der Waals surface area contributed by atoms with Crippen molar-refractivity contribution in [3.05, 3.63) is 58.5 Å². The molecule has 1 heterocycles. The summed E-state index contributed by atoms with van der Waals surface area (Å²) in [6.45, 7) is 0.716. The topological polar surface area (TPSA) is 84.1 Å². The largest absolute Gasteiger partial charge is 0.492 e. The third-order valence-corrected chi connectivity index (χ3v) is 2.31. The number of H-pyrrole nitrogens is 1. The van der Waals surface area contributed by atoms with Crippen molar-refractivity contribution in [3.8, 4) is 5.75 Å². The van der Waals surface area contributed by atoms with E-state index in [2.05, 4.69) is 15.5 Å². The molecule has 0 unspecified atom stereocenters. The number of amides is 1. The average Bonchev–Trinajstić information content (AvgIpc) is 2.45. The summed E-state index contributed by atoms with van der Waals surface area (Å²) in [5.74, 6) is 0.395. The molecule has 6 nitrogen and oxygen atoms in total. The molecule has 1 aromatic carbocycles. The maximum Gasteiger partial charge on any atom is 0.271 e. The molecule has 0 aliphatic heterocycles. The van der Waals surface area contributed by atoms with Crippen molar-refractivity contribution < 1.29 is 9.53 Å². The van der Waals surface area contributed by atoms with E-state index in [1.807, 2.05) is 30.3 Å². The maximum atomic E-state index is 11.6. The lowest BCUT2D eigenvalue weighted by Crippen LogP contribution is -2.29. The van der Waals surface area contributed by atoms with E-state index >= 15 is 0 Å². The molecule has 0 spiro atoms. The summed E-state index contributed by atoms with van der Waals surface area (Å²) in [7, 11) is 0. The molecule has 0 saturated carbocycles. The van der Waals surface area contributed by atoms with Gasteiger partial charge in [-0.2, -0.15) is 5.10 Å². The van der Waals surface area contributed by atoms with Crippen LogP contribution in [0.2, 0.25) is 0 Å². The summed E-state index contributed by atoms with van der Waals surface area (Å²) in [6.07, 6.45) is 0. The zero-order valence-corrected chi connectivity index (χ0v) is 10.1. The van der Waals surface area contributed by atoms with Crippen LogP contribution in [0.5, 0.6) is 5.75 Å². The molecular weight excluding hydrogens is 246 g/mol. The van der Waals surface area contributed by atoms with Gasteiger partial charge in [-0.25, -0.2) is 5.10 Å². The average molecular weight is 259 g/mol. The number of hydrogen-bond acceptors (Lipinski definition) is 4. The van der Waals surface area contributed by atoms with Crippen molar-refractivity contribution in [2.45, 2.75) is 0 Å². The van der Waals surface area contributed by atoms with Gasteiger partial charge in [-0.15, -0.1) is 0 Å². The Morgan fingerprint density at radius 1 is 1.21 bits per heavy atom. The number of benzene rings is 1. The smallest absolute Gasteiger partial charge is 0.271 e. The first kappa shape index (κ1) is 12.8. The van der Waals surface area contributed by atoms with Crippen LogP contribution >= 0.6 is 0 Å². The Kier molecular flexibility index (Phi) is 4.28. The van der Waals surface area contributed by atoms with Gasteiger partial charge in [0.15, 0.2) is 0 Å². The predicted molar refractivity (Wildman–Crippen MR) is 69.1 cm³/mol. The molecule has 0 fully saturated rings. The van der Waals surface area contributed by atoms with Crippen LogP contribution in [0.4, 0.5) is 0 Å². The molecular formula is C13H13N3O3. The van der Waals surface area contributed by atoms with E-state index in [0.29, 0.717) is 13.2 Å². The Morgan fingerprint density at radius 2 is 2.00 bits per heavy atom. The van der Waals surface area contributed by atoms with Gasteiger partial charge < -0.3 is 10.1 Å². The number of nitrogens with one attached hydrogen (secondary N) is 2.